The van der Waals surface area contributed by atoms with E-state index in [0.29, 0.717) is 10.7 Å². The Kier molecular flexibility index (Phi) is 4.07. The van der Waals surface area contributed by atoms with Gasteiger partial charge in [-0.2, -0.15) is 10.2 Å². The van der Waals surface area contributed by atoms with Crippen LogP contribution in [0.4, 0.5) is 5.69 Å². The summed E-state index contributed by atoms with van der Waals surface area (Å²) in [7, 11) is 1.44. The van der Waals surface area contributed by atoms with E-state index in [-0.39, 0.29) is 0 Å². The van der Waals surface area contributed by atoms with Crippen molar-refractivity contribution in [2.45, 2.75) is 11.8 Å². The van der Waals surface area contributed by atoms with E-state index in [1.54, 1.807) is 18.2 Å². The molecule has 0 aromatic heterocycles. The molecule has 0 heterocycles. The molecule has 0 fully saturated rings. The Hall–Kier alpha value is -2.01. The van der Waals surface area contributed by atoms with Gasteiger partial charge in [0.1, 0.15) is 0 Å². The van der Waals surface area contributed by atoms with Crippen LogP contribution in [0, 0.1) is 0 Å². The van der Waals surface area contributed by atoms with E-state index in [4.69, 9.17) is 16.3 Å². The first-order chi connectivity index (χ1) is 10.6. The van der Waals surface area contributed by atoms with Crippen LogP contribution in [0.2, 0.25) is 5.02 Å². The lowest BCUT2D eigenvalue weighted by Crippen LogP contribution is -2.37. The number of fused-ring (bicyclic) bond motifs is 1. The summed E-state index contributed by atoms with van der Waals surface area (Å²) in [5.41, 5.74) is 2.31. The summed E-state index contributed by atoms with van der Waals surface area (Å²) in [5.74, 6) is -1.55. The zero-order valence-electron chi connectivity index (χ0n) is 12.0. The summed E-state index contributed by atoms with van der Waals surface area (Å²) in [6.07, 6.45) is 3.30. The number of hydrogen-bond donors (Lipinski definition) is 1. The standard InChI is InChI=1S/C17H15ClN2O2/c1-22-17(21)11-10-13-14(8-5-9-15(13)18)16(17)20-19-12-6-3-2-4-7-12/h2-11,16,21H,1H3. The average molecular weight is 315 g/mol. The molecule has 0 amide bonds. The Morgan fingerprint density at radius 2 is 1.91 bits per heavy atom. The smallest absolute Gasteiger partial charge is 0.214 e. The van der Waals surface area contributed by atoms with Crippen molar-refractivity contribution in [1.82, 2.24) is 0 Å². The van der Waals surface area contributed by atoms with Crippen LogP contribution in [-0.2, 0) is 4.74 Å². The first-order valence-corrected chi connectivity index (χ1v) is 7.23. The normalized spacial score (nSPS) is 23.7. The lowest BCUT2D eigenvalue weighted by Gasteiger charge is -2.33. The molecule has 0 saturated carbocycles. The molecule has 0 bridgehead atoms. The lowest BCUT2D eigenvalue weighted by molar-refractivity contribution is -0.163. The highest BCUT2D eigenvalue weighted by Crippen LogP contribution is 2.41. The zero-order valence-corrected chi connectivity index (χ0v) is 12.7. The fourth-order valence-corrected chi connectivity index (χ4v) is 2.67. The molecule has 112 valence electrons. The highest BCUT2D eigenvalue weighted by atomic mass is 35.5. The molecule has 0 spiro atoms. The predicted molar refractivity (Wildman–Crippen MR) is 86.1 cm³/mol. The van der Waals surface area contributed by atoms with Crippen molar-refractivity contribution in [3.8, 4) is 0 Å². The van der Waals surface area contributed by atoms with E-state index in [0.717, 1.165) is 11.1 Å². The monoisotopic (exact) mass is 314 g/mol. The summed E-state index contributed by atoms with van der Waals surface area (Å²) >= 11 is 6.21. The first-order valence-electron chi connectivity index (χ1n) is 6.85. The minimum absolute atomic E-state index is 0.604. The molecule has 1 aliphatic carbocycles. The molecule has 2 atom stereocenters. The van der Waals surface area contributed by atoms with Gasteiger partial charge < -0.3 is 9.84 Å². The molecule has 22 heavy (non-hydrogen) atoms. The summed E-state index contributed by atoms with van der Waals surface area (Å²) in [4.78, 5) is 0. The molecule has 0 saturated heterocycles. The van der Waals surface area contributed by atoms with Crippen molar-refractivity contribution < 1.29 is 9.84 Å². The van der Waals surface area contributed by atoms with E-state index in [1.165, 1.54) is 7.11 Å². The largest absolute Gasteiger partial charge is 0.360 e. The number of hydrogen-bond acceptors (Lipinski definition) is 4. The number of ether oxygens (including phenoxy) is 1. The van der Waals surface area contributed by atoms with Crippen LogP contribution < -0.4 is 0 Å². The second kappa shape index (κ2) is 6.01. The van der Waals surface area contributed by atoms with Gasteiger partial charge >= 0.3 is 0 Å². The number of azo groups is 1. The van der Waals surface area contributed by atoms with Crippen molar-refractivity contribution in [2.24, 2.45) is 10.2 Å². The SMILES string of the molecule is COC1(O)C=Cc2c(Cl)cccc2C1N=Nc1ccccc1. The van der Waals surface area contributed by atoms with Crippen molar-refractivity contribution in [3.05, 3.63) is 70.8 Å². The molecule has 0 aliphatic heterocycles. The van der Waals surface area contributed by atoms with Gasteiger partial charge in [0.25, 0.3) is 0 Å². The van der Waals surface area contributed by atoms with Crippen molar-refractivity contribution >= 4 is 23.4 Å². The summed E-state index contributed by atoms with van der Waals surface area (Å²) < 4.78 is 5.25. The van der Waals surface area contributed by atoms with Gasteiger partial charge in [-0.15, -0.1) is 0 Å². The molecule has 0 radical (unpaired) electrons. The van der Waals surface area contributed by atoms with Gasteiger partial charge in [0, 0.05) is 12.1 Å². The number of nitrogens with zero attached hydrogens (tertiary/aromatic N) is 2. The van der Waals surface area contributed by atoms with Gasteiger partial charge in [0.05, 0.1) is 5.69 Å². The number of halogens is 1. The molecular formula is C17H15ClN2O2. The van der Waals surface area contributed by atoms with Gasteiger partial charge in [0.2, 0.25) is 5.79 Å². The summed E-state index contributed by atoms with van der Waals surface area (Å²) in [5, 5.41) is 19.8. The third-order valence-electron chi connectivity index (χ3n) is 3.63. The van der Waals surface area contributed by atoms with Crippen LogP contribution >= 0.6 is 11.6 Å². The number of aliphatic hydroxyl groups is 1. The Balaban J connectivity index is 2.05. The zero-order chi connectivity index (χ0) is 15.6. The molecule has 2 aromatic rings. The number of methoxy groups -OCH3 is 1. The van der Waals surface area contributed by atoms with E-state index in [2.05, 4.69) is 10.2 Å². The van der Waals surface area contributed by atoms with Crippen LogP contribution in [0.25, 0.3) is 6.08 Å². The molecule has 1 aliphatic rings. The lowest BCUT2D eigenvalue weighted by atomic mass is 9.89. The Bertz CT molecular complexity index is 731. The fourth-order valence-electron chi connectivity index (χ4n) is 2.43. The van der Waals surface area contributed by atoms with Gasteiger partial charge in [-0.25, -0.2) is 0 Å². The third-order valence-corrected chi connectivity index (χ3v) is 3.96. The maximum Gasteiger partial charge on any atom is 0.214 e. The minimum atomic E-state index is -1.55. The van der Waals surface area contributed by atoms with E-state index < -0.39 is 11.8 Å². The Labute approximate surface area is 133 Å². The van der Waals surface area contributed by atoms with E-state index in [9.17, 15) is 5.11 Å². The van der Waals surface area contributed by atoms with Crippen LogP contribution in [0.15, 0.2) is 64.8 Å². The predicted octanol–water partition coefficient (Wildman–Crippen LogP) is 4.53. The highest BCUT2D eigenvalue weighted by Gasteiger charge is 2.40. The van der Waals surface area contributed by atoms with Gasteiger partial charge in [-0.1, -0.05) is 48.0 Å². The highest BCUT2D eigenvalue weighted by molar-refractivity contribution is 6.32. The maximum atomic E-state index is 10.6. The van der Waals surface area contributed by atoms with Gasteiger partial charge in [0.15, 0.2) is 6.04 Å². The van der Waals surface area contributed by atoms with E-state index >= 15 is 0 Å². The van der Waals surface area contributed by atoms with Crippen LogP contribution in [0.5, 0.6) is 0 Å². The first kappa shape index (κ1) is 14.9. The molecule has 2 aromatic carbocycles. The van der Waals surface area contributed by atoms with Crippen molar-refractivity contribution in [2.75, 3.05) is 7.11 Å². The Morgan fingerprint density at radius 3 is 2.64 bits per heavy atom. The maximum absolute atomic E-state index is 10.6. The quantitative estimate of drug-likeness (QED) is 0.668. The molecule has 3 rings (SSSR count). The molecule has 4 nitrogen and oxygen atoms in total. The summed E-state index contributed by atoms with van der Waals surface area (Å²) in [6.45, 7) is 0. The Morgan fingerprint density at radius 1 is 1.14 bits per heavy atom. The fraction of sp³-hybridized carbons (Fsp3) is 0.176. The molecule has 2 unspecified atom stereocenters. The second-order valence-electron chi connectivity index (χ2n) is 4.99. The van der Waals surface area contributed by atoms with Crippen molar-refractivity contribution in [3.63, 3.8) is 0 Å². The van der Waals surface area contributed by atoms with Crippen LogP contribution in [0.1, 0.15) is 17.2 Å². The minimum Gasteiger partial charge on any atom is -0.360 e. The van der Waals surface area contributed by atoms with Gasteiger partial charge in [-0.3, -0.25) is 0 Å². The average Bonchev–Trinajstić information content (AvgIpc) is 2.55. The summed E-state index contributed by atoms with van der Waals surface area (Å²) in [6, 6.07) is 14.1. The third kappa shape index (κ3) is 2.68. The van der Waals surface area contributed by atoms with Crippen molar-refractivity contribution in [1.29, 1.82) is 0 Å². The number of benzene rings is 2. The second-order valence-corrected chi connectivity index (χ2v) is 5.39. The van der Waals surface area contributed by atoms with Crippen LogP contribution in [-0.4, -0.2) is 18.0 Å². The molecule has 1 N–H and O–H groups in total. The van der Waals surface area contributed by atoms with Crippen LogP contribution in [0.3, 0.4) is 0 Å². The molecule has 5 heteroatoms. The molecular weight excluding hydrogens is 300 g/mol. The van der Waals surface area contributed by atoms with Gasteiger partial charge in [-0.05, 0) is 35.4 Å². The van der Waals surface area contributed by atoms with E-state index in [1.807, 2.05) is 42.5 Å². The topological polar surface area (TPSA) is 54.2 Å². The number of rotatable bonds is 3.